The molecule has 0 heterocycles. The van der Waals surface area contributed by atoms with Crippen LogP contribution >= 0.6 is 23.2 Å². The molecule has 0 aliphatic rings. The van der Waals surface area contributed by atoms with E-state index in [1.165, 1.54) is 0 Å². The van der Waals surface area contributed by atoms with E-state index in [0.717, 1.165) is 0 Å². The van der Waals surface area contributed by atoms with Crippen molar-refractivity contribution in [2.24, 2.45) is 0 Å². The lowest BCUT2D eigenvalue weighted by molar-refractivity contribution is 0.103. The second-order valence-corrected chi connectivity index (χ2v) is 4.06. The van der Waals surface area contributed by atoms with E-state index in [1.807, 2.05) is 0 Å². The Morgan fingerprint density at radius 1 is 0.938 bits per heavy atom. The van der Waals surface area contributed by atoms with E-state index >= 15 is 0 Å². The molecule has 16 heavy (non-hydrogen) atoms. The second-order valence-electron chi connectivity index (χ2n) is 3.25. The van der Waals surface area contributed by atoms with Crippen LogP contribution in [0.15, 0.2) is 42.5 Å². The molecule has 0 aliphatic heterocycles. The predicted molar refractivity (Wildman–Crippen MR) is 65.2 cm³/mol. The van der Waals surface area contributed by atoms with Gasteiger partial charge in [-0.15, -0.1) is 0 Å². The van der Waals surface area contributed by atoms with Gasteiger partial charge in [-0.25, -0.2) is 0 Å². The van der Waals surface area contributed by atoms with Crippen LogP contribution in [0, 0.1) is 6.07 Å². The lowest BCUT2D eigenvalue weighted by atomic mass is 10.0. The van der Waals surface area contributed by atoms with E-state index in [-0.39, 0.29) is 5.78 Å². The monoisotopic (exact) mass is 249 g/mol. The molecule has 1 radical (unpaired) electrons. The van der Waals surface area contributed by atoms with Crippen molar-refractivity contribution in [3.8, 4) is 0 Å². The normalized spacial score (nSPS) is 10.1. The SMILES string of the molecule is O=C(c1cc[c]cc1)c1ccc(Cl)c(Cl)c1. The second kappa shape index (κ2) is 4.69. The lowest BCUT2D eigenvalue weighted by Crippen LogP contribution is -2.00. The van der Waals surface area contributed by atoms with Crippen LogP contribution < -0.4 is 0 Å². The van der Waals surface area contributed by atoms with Crippen LogP contribution in [0.2, 0.25) is 10.0 Å². The molecule has 2 rings (SSSR count). The van der Waals surface area contributed by atoms with Gasteiger partial charge < -0.3 is 0 Å². The fraction of sp³-hybridized carbons (Fsp3) is 0. The Labute approximate surface area is 104 Å². The fourth-order valence-electron chi connectivity index (χ4n) is 1.34. The van der Waals surface area contributed by atoms with E-state index in [4.69, 9.17) is 23.2 Å². The highest BCUT2D eigenvalue weighted by molar-refractivity contribution is 6.42. The summed E-state index contributed by atoms with van der Waals surface area (Å²) >= 11 is 11.6. The highest BCUT2D eigenvalue weighted by Gasteiger charge is 2.09. The zero-order chi connectivity index (χ0) is 11.5. The maximum Gasteiger partial charge on any atom is 0.193 e. The van der Waals surface area contributed by atoms with Crippen molar-refractivity contribution in [2.45, 2.75) is 0 Å². The van der Waals surface area contributed by atoms with Gasteiger partial charge in [-0.2, -0.15) is 0 Å². The molecule has 0 saturated heterocycles. The molecule has 79 valence electrons. The third-order valence-corrected chi connectivity index (χ3v) is 2.90. The maximum atomic E-state index is 12.0. The van der Waals surface area contributed by atoms with E-state index in [0.29, 0.717) is 21.2 Å². The van der Waals surface area contributed by atoms with Crippen molar-refractivity contribution in [3.05, 3.63) is 69.7 Å². The Balaban J connectivity index is 2.39. The van der Waals surface area contributed by atoms with Gasteiger partial charge in [0.05, 0.1) is 10.0 Å². The van der Waals surface area contributed by atoms with Crippen LogP contribution in [0.25, 0.3) is 0 Å². The molecule has 3 heteroatoms. The average molecular weight is 250 g/mol. The number of benzene rings is 2. The molecule has 2 aromatic carbocycles. The minimum absolute atomic E-state index is 0.0763. The lowest BCUT2D eigenvalue weighted by Gasteiger charge is -2.02. The van der Waals surface area contributed by atoms with Crippen LogP contribution in [-0.2, 0) is 0 Å². The third-order valence-electron chi connectivity index (χ3n) is 2.16. The summed E-state index contributed by atoms with van der Waals surface area (Å²) in [7, 11) is 0. The number of ketones is 1. The topological polar surface area (TPSA) is 17.1 Å². The summed E-state index contributed by atoms with van der Waals surface area (Å²) in [6.45, 7) is 0. The van der Waals surface area contributed by atoms with Crippen molar-refractivity contribution in [2.75, 3.05) is 0 Å². The van der Waals surface area contributed by atoms with Gasteiger partial charge in [-0.3, -0.25) is 4.79 Å². The Morgan fingerprint density at radius 3 is 2.25 bits per heavy atom. The van der Waals surface area contributed by atoms with Crippen LogP contribution in [-0.4, -0.2) is 5.78 Å². The molecule has 0 unspecified atom stereocenters. The minimum atomic E-state index is -0.0763. The predicted octanol–water partition coefficient (Wildman–Crippen LogP) is 4.02. The molecule has 0 aromatic heterocycles. The van der Waals surface area contributed by atoms with Gasteiger partial charge in [0.15, 0.2) is 5.78 Å². The number of hydrogen-bond donors (Lipinski definition) is 0. The first kappa shape index (κ1) is 11.2. The van der Waals surface area contributed by atoms with Gasteiger partial charge >= 0.3 is 0 Å². The summed E-state index contributed by atoms with van der Waals surface area (Å²) in [6, 6.07) is 14.5. The quantitative estimate of drug-likeness (QED) is 0.735. The first-order chi connectivity index (χ1) is 7.68. The first-order valence-corrected chi connectivity index (χ1v) is 5.40. The van der Waals surface area contributed by atoms with Gasteiger partial charge in [0.25, 0.3) is 0 Å². The summed E-state index contributed by atoms with van der Waals surface area (Å²) in [4.78, 5) is 12.0. The van der Waals surface area contributed by atoms with E-state index in [1.54, 1.807) is 42.5 Å². The molecule has 0 N–H and O–H groups in total. The van der Waals surface area contributed by atoms with Gasteiger partial charge in [-0.05, 0) is 24.3 Å². The highest BCUT2D eigenvalue weighted by atomic mass is 35.5. The van der Waals surface area contributed by atoms with Gasteiger partial charge in [0.2, 0.25) is 0 Å². The van der Waals surface area contributed by atoms with Crippen LogP contribution in [0.5, 0.6) is 0 Å². The number of hydrogen-bond acceptors (Lipinski definition) is 1. The summed E-state index contributed by atoms with van der Waals surface area (Å²) in [6.07, 6.45) is 0. The molecular formula is C13H7Cl2O. The number of carbonyl (C=O) groups is 1. The summed E-state index contributed by atoms with van der Waals surface area (Å²) < 4.78 is 0. The number of rotatable bonds is 2. The minimum Gasteiger partial charge on any atom is -0.289 e. The zero-order valence-electron chi connectivity index (χ0n) is 8.21. The first-order valence-electron chi connectivity index (χ1n) is 4.64. The molecule has 2 aromatic rings. The Bertz CT molecular complexity index is 521. The van der Waals surface area contributed by atoms with E-state index in [9.17, 15) is 4.79 Å². The van der Waals surface area contributed by atoms with E-state index in [2.05, 4.69) is 6.07 Å². The molecule has 0 amide bonds. The molecule has 0 fully saturated rings. The zero-order valence-corrected chi connectivity index (χ0v) is 9.72. The van der Waals surface area contributed by atoms with E-state index < -0.39 is 0 Å². The summed E-state index contributed by atoms with van der Waals surface area (Å²) in [5, 5.41) is 0.828. The van der Waals surface area contributed by atoms with Gasteiger partial charge in [0.1, 0.15) is 0 Å². The molecule has 0 aliphatic carbocycles. The van der Waals surface area contributed by atoms with Crippen molar-refractivity contribution in [1.29, 1.82) is 0 Å². The molecule has 0 atom stereocenters. The molecular weight excluding hydrogens is 243 g/mol. The van der Waals surface area contributed by atoms with Crippen LogP contribution in [0.1, 0.15) is 15.9 Å². The van der Waals surface area contributed by atoms with Crippen LogP contribution in [0.3, 0.4) is 0 Å². The summed E-state index contributed by atoms with van der Waals surface area (Å²) in [5.74, 6) is -0.0763. The molecule has 0 saturated carbocycles. The van der Waals surface area contributed by atoms with Crippen molar-refractivity contribution in [3.63, 3.8) is 0 Å². The smallest absolute Gasteiger partial charge is 0.193 e. The van der Waals surface area contributed by atoms with Crippen molar-refractivity contribution in [1.82, 2.24) is 0 Å². The number of halogens is 2. The highest BCUT2D eigenvalue weighted by Crippen LogP contribution is 2.23. The standard InChI is InChI=1S/C13H7Cl2O/c14-11-7-6-10(8-12(11)15)13(16)9-4-2-1-3-5-9/h2-8H. The number of carbonyl (C=O) groups excluding carboxylic acids is 1. The molecule has 0 bridgehead atoms. The van der Waals surface area contributed by atoms with Gasteiger partial charge in [0, 0.05) is 11.1 Å². The largest absolute Gasteiger partial charge is 0.289 e. The molecule has 1 nitrogen and oxygen atoms in total. The maximum absolute atomic E-state index is 12.0. The fourth-order valence-corrected chi connectivity index (χ4v) is 1.64. The Hall–Kier alpha value is -1.31. The Morgan fingerprint density at radius 2 is 1.62 bits per heavy atom. The third kappa shape index (κ3) is 2.26. The van der Waals surface area contributed by atoms with Gasteiger partial charge in [-0.1, -0.05) is 47.5 Å². The molecule has 0 spiro atoms. The Kier molecular flexibility index (Phi) is 3.28. The average Bonchev–Trinajstić information content (AvgIpc) is 2.33. The van der Waals surface area contributed by atoms with Crippen molar-refractivity contribution >= 4 is 29.0 Å². The van der Waals surface area contributed by atoms with Crippen LogP contribution in [0.4, 0.5) is 0 Å². The summed E-state index contributed by atoms with van der Waals surface area (Å²) in [5.41, 5.74) is 1.14. The van der Waals surface area contributed by atoms with Crippen molar-refractivity contribution < 1.29 is 4.79 Å².